The minimum Gasteiger partial charge on any atom is -0.480 e. The summed E-state index contributed by atoms with van der Waals surface area (Å²) < 4.78 is 5.04. The van der Waals surface area contributed by atoms with Gasteiger partial charge >= 0.3 is 5.97 Å². The molecular weight excluding hydrogens is 349 g/mol. The predicted octanol–water partition coefficient (Wildman–Crippen LogP) is 4.86. The van der Waals surface area contributed by atoms with Crippen molar-refractivity contribution in [3.63, 3.8) is 0 Å². The van der Waals surface area contributed by atoms with E-state index in [4.69, 9.17) is 44.6 Å². The molecule has 22 heavy (non-hydrogen) atoms. The van der Waals surface area contributed by atoms with Gasteiger partial charge in [0, 0.05) is 11.2 Å². The molecule has 4 nitrogen and oxygen atoms in total. The van der Waals surface area contributed by atoms with E-state index in [0.29, 0.717) is 26.5 Å². The van der Waals surface area contributed by atoms with Gasteiger partial charge in [0.05, 0.1) is 15.7 Å². The summed E-state index contributed by atoms with van der Waals surface area (Å²) in [6.07, 6.45) is 1.59. The average molecular weight is 359 g/mol. The molecule has 0 saturated heterocycles. The Morgan fingerprint density at radius 3 is 2.55 bits per heavy atom. The standard InChI is InChI=1S/C15H10Cl3NO3/c16-10-2-3-13(11(17)6-10)19-7-9-1-4-14(12(18)5-9)22-8-15(20)21/h1-7H,8H2,(H,20,21). The minimum absolute atomic E-state index is 0.297. The summed E-state index contributed by atoms with van der Waals surface area (Å²) in [5.74, 6) is -0.773. The van der Waals surface area contributed by atoms with Crippen molar-refractivity contribution in [2.24, 2.45) is 4.99 Å². The van der Waals surface area contributed by atoms with E-state index in [1.165, 1.54) is 0 Å². The van der Waals surface area contributed by atoms with Crippen LogP contribution in [-0.2, 0) is 4.79 Å². The number of rotatable bonds is 5. The molecule has 2 aromatic rings. The lowest BCUT2D eigenvalue weighted by molar-refractivity contribution is -0.139. The van der Waals surface area contributed by atoms with E-state index in [0.717, 1.165) is 5.56 Å². The summed E-state index contributed by atoms with van der Waals surface area (Å²) in [7, 11) is 0. The number of benzene rings is 2. The number of hydrogen-bond acceptors (Lipinski definition) is 3. The van der Waals surface area contributed by atoms with Crippen molar-refractivity contribution in [3.05, 3.63) is 57.0 Å². The molecule has 0 aliphatic heterocycles. The van der Waals surface area contributed by atoms with Gasteiger partial charge in [-0.2, -0.15) is 0 Å². The molecule has 0 saturated carbocycles. The quantitative estimate of drug-likeness (QED) is 0.776. The van der Waals surface area contributed by atoms with Gasteiger partial charge in [0.2, 0.25) is 0 Å². The fraction of sp³-hybridized carbons (Fsp3) is 0.0667. The third-order valence-electron chi connectivity index (χ3n) is 2.57. The van der Waals surface area contributed by atoms with Gasteiger partial charge in [-0.15, -0.1) is 0 Å². The van der Waals surface area contributed by atoms with Crippen LogP contribution in [0.4, 0.5) is 5.69 Å². The summed E-state index contributed by atoms with van der Waals surface area (Å²) in [5.41, 5.74) is 1.30. The van der Waals surface area contributed by atoms with E-state index in [9.17, 15) is 4.79 Å². The van der Waals surface area contributed by atoms with E-state index in [1.54, 1.807) is 42.6 Å². The second-order valence-corrected chi connectivity index (χ2v) is 5.48. The first-order valence-electron chi connectivity index (χ1n) is 6.09. The van der Waals surface area contributed by atoms with E-state index >= 15 is 0 Å². The van der Waals surface area contributed by atoms with Crippen LogP contribution in [0.1, 0.15) is 5.56 Å². The number of carbonyl (C=O) groups is 1. The number of carboxylic acid groups (broad SMARTS) is 1. The van der Waals surface area contributed by atoms with Gasteiger partial charge in [-0.3, -0.25) is 4.99 Å². The maximum Gasteiger partial charge on any atom is 0.341 e. The number of aliphatic imine (C=N–C) groups is 1. The Labute approximate surface area is 141 Å². The second-order valence-electron chi connectivity index (χ2n) is 4.23. The molecular formula is C15H10Cl3NO3. The Morgan fingerprint density at radius 2 is 1.91 bits per heavy atom. The molecule has 0 aromatic heterocycles. The number of aliphatic carboxylic acids is 1. The molecule has 2 aromatic carbocycles. The van der Waals surface area contributed by atoms with Crippen molar-refractivity contribution in [2.75, 3.05) is 6.61 Å². The zero-order valence-electron chi connectivity index (χ0n) is 11.1. The molecule has 0 aliphatic carbocycles. The van der Waals surface area contributed by atoms with Gasteiger partial charge in [-0.05, 0) is 42.0 Å². The lowest BCUT2D eigenvalue weighted by atomic mass is 10.2. The van der Waals surface area contributed by atoms with Crippen molar-refractivity contribution >= 4 is 52.7 Å². The number of ether oxygens (including phenoxy) is 1. The Balaban J connectivity index is 2.14. The SMILES string of the molecule is O=C(O)COc1ccc(C=Nc2ccc(Cl)cc2Cl)cc1Cl. The van der Waals surface area contributed by atoms with Crippen LogP contribution in [0.25, 0.3) is 0 Å². The molecule has 0 fully saturated rings. The van der Waals surface area contributed by atoms with Crippen molar-refractivity contribution in [1.29, 1.82) is 0 Å². The van der Waals surface area contributed by atoms with Crippen LogP contribution in [-0.4, -0.2) is 23.9 Å². The largest absolute Gasteiger partial charge is 0.480 e. The summed E-state index contributed by atoms with van der Waals surface area (Å²) in [6, 6.07) is 9.90. The molecule has 0 unspecified atom stereocenters. The zero-order chi connectivity index (χ0) is 16.1. The highest BCUT2D eigenvalue weighted by Crippen LogP contribution is 2.28. The average Bonchev–Trinajstić information content (AvgIpc) is 2.45. The van der Waals surface area contributed by atoms with Crippen molar-refractivity contribution < 1.29 is 14.6 Å². The Hall–Kier alpha value is -1.75. The van der Waals surface area contributed by atoms with Crippen molar-refractivity contribution in [1.82, 2.24) is 0 Å². The molecule has 1 N–H and O–H groups in total. The van der Waals surface area contributed by atoms with Crippen molar-refractivity contribution in [3.8, 4) is 5.75 Å². The lowest BCUT2D eigenvalue weighted by Gasteiger charge is -2.06. The van der Waals surface area contributed by atoms with Crippen LogP contribution >= 0.6 is 34.8 Å². The number of nitrogens with zero attached hydrogens (tertiary/aromatic N) is 1. The first kappa shape index (κ1) is 16.6. The highest BCUT2D eigenvalue weighted by atomic mass is 35.5. The Kier molecular flexibility index (Phi) is 5.66. The molecule has 0 radical (unpaired) electrons. The van der Waals surface area contributed by atoms with E-state index in [2.05, 4.69) is 4.99 Å². The molecule has 0 aliphatic rings. The maximum atomic E-state index is 10.5. The highest BCUT2D eigenvalue weighted by molar-refractivity contribution is 6.36. The van der Waals surface area contributed by atoms with Crippen LogP contribution < -0.4 is 4.74 Å². The van der Waals surface area contributed by atoms with Crippen LogP contribution in [0, 0.1) is 0 Å². The number of carboxylic acids is 1. The number of hydrogen-bond donors (Lipinski definition) is 1. The van der Waals surface area contributed by atoms with E-state index in [-0.39, 0.29) is 0 Å². The van der Waals surface area contributed by atoms with Gasteiger partial charge in [0.25, 0.3) is 0 Å². The van der Waals surface area contributed by atoms with Gasteiger partial charge in [0.1, 0.15) is 5.75 Å². The predicted molar refractivity (Wildman–Crippen MR) is 88.3 cm³/mol. The molecule has 0 heterocycles. The normalized spacial score (nSPS) is 10.9. The zero-order valence-corrected chi connectivity index (χ0v) is 13.4. The molecule has 114 valence electrons. The molecule has 0 amide bonds. The summed E-state index contributed by atoms with van der Waals surface area (Å²) in [6.45, 7) is -0.451. The lowest BCUT2D eigenvalue weighted by Crippen LogP contribution is -2.09. The van der Waals surface area contributed by atoms with Crippen LogP contribution in [0.15, 0.2) is 41.4 Å². The first-order valence-corrected chi connectivity index (χ1v) is 7.22. The molecule has 0 spiro atoms. The minimum atomic E-state index is -1.07. The van der Waals surface area contributed by atoms with Crippen molar-refractivity contribution in [2.45, 2.75) is 0 Å². The number of halogens is 3. The third kappa shape index (κ3) is 4.63. The summed E-state index contributed by atoms with van der Waals surface area (Å²) >= 11 is 17.9. The summed E-state index contributed by atoms with van der Waals surface area (Å²) in [4.78, 5) is 14.7. The molecule has 2 rings (SSSR count). The smallest absolute Gasteiger partial charge is 0.341 e. The Morgan fingerprint density at radius 1 is 1.14 bits per heavy atom. The highest BCUT2D eigenvalue weighted by Gasteiger charge is 2.05. The fourth-order valence-electron chi connectivity index (χ4n) is 1.58. The monoisotopic (exact) mass is 357 g/mol. The molecule has 7 heteroatoms. The third-order valence-corrected chi connectivity index (χ3v) is 3.40. The maximum absolute atomic E-state index is 10.5. The molecule has 0 atom stereocenters. The van der Waals surface area contributed by atoms with E-state index in [1.807, 2.05) is 0 Å². The van der Waals surface area contributed by atoms with Crippen LogP contribution in [0.5, 0.6) is 5.75 Å². The summed E-state index contributed by atoms with van der Waals surface area (Å²) in [5, 5.41) is 9.84. The van der Waals surface area contributed by atoms with Crippen LogP contribution in [0.2, 0.25) is 15.1 Å². The fourth-order valence-corrected chi connectivity index (χ4v) is 2.28. The molecule has 0 bridgehead atoms. The van der Waals surface area contributed by atoms with Gasteiger partial charge in [-0.1, -0.05) is 34.8 Å². The van der Waals surface area contributed by atoms with Gasteiger partial charge < -0.3 is 9.84 Å². The van der Waals surface area contributed by atoms with Crippen LogP contribution in [0.3, 0.4) is 0 Å². The second kappa shape index (κ2) is 7.49. The Bertz CT molecular complexity index is 732. The first-order chi connectivity index (χ1) is 10.5. The van der Waals surface area contributed by atoms with Gasteiger partial charge in [0.15, 0.2) is 6.61 Å². The van der Waals surface area contributed by atoms with Gasteiger partial charge in [-0.25, -0.2) is 4.79 Å². The van der Waals surface area contributed by atoms with E-state index < -0.39 is 12.6 Å². The topological polar surface area (TPSA) is 58.9 Å².